The Morgan fingerprint density at radius 1 is 0.377 bits per heavy atom. The number of benzene rings is 7. The fraction of sp³-hybridized carbons (Fsp3) is 0. The molecule has 7 nitrogen and oxygen atoms in total. The molecule has 0 aliphatic rings. The summed E-state index contributed by atoms with van der Waals surface area (Å²) >= 11 is 0. The van der Waals surface area contributed by atoms with Gasteiger partial charge in [-0.25, -0.2) is 4.98 Å². The van der Waals surface area contributed by atoms with Crippen molar-refractivity contribution in [3.05, 3.63) is 170 Å². The van der Waals surface area contributed by atoms with Gasteiger partial charge in [0, 0.05) is 32.7 Å². The quantitative estimate of drug-likeness (QED) is 0.181. The van der Waals surface area contributed by atoms with Crippen molar-refractivity contribution < 1.29 is 4.42 Å². The van der Waals surface area contributed by atoms with Gasteiger partial charge in [0.25, 0.3) is 0 Å². The molecule has 7 heteroatoms. The minimum atomic E-state index is 0.500. The minimum absolute atomic E-state index is 0.500. The first-order chi connectivity index (χ1) is 26.3. The maximum absolute atomic E-state index is 6.51. The molecule has 53 heavy (non-hydrogen) atoms. The number of oxazole rings is 1. The largest absolute Gasteiger partial charge is 0.423 e. The first-order valence-electron chi connectivity index (χ1n) is 17.6. The van der Waals surface area contributed by atoms with Gasteiger partial charge in [-0.2, -0.15) is 15.0 Å². The minimum Gasteiger partial charge on any atom is -0.423 e. The summed E-state index contributed by atoms with van der Waals surface area (Å²) in [5, 5.41) is 4.33. The Labute approximate surface area is 303 Å². The van der Waals surface area contributed by atoms with Crippen molar-refractivity contribution in [3.63, 3.8) is 0 Å². The third-order valence-electron chi connectivity index (χ3n) is 10.1. The average molecular weight is 681 g/mol. The molecule has 0 N–H and O–H groups in total. The molecule has 248 valence electrons. The van der Waals surface area contributed by atoms with E-state index in [2.05, 4.69) is 112 Å². The fourth-order valence-corrected chi connectivity index (χ4v) is 7.71. The van der Waals surface area contributed by atoms with Crippen LogP contribution in [0.2, 0.25) is 0 Å². The number of para-hydroxylation sites is 4. The Kier molecular flexibility index (Phi) is 6.42. The maximum Gasteiger partial charge on any atom is 0.307 e. The van der Waals surface area contributed by atoms with Gasteiger partial charge in [0.2, 0.25) is 5.95 Å². The smallest absolute Gasteiger partial charge is 0.307 e. The van der Waals surface area contributed by atoms with E-state index in [1.165, 1.54) is 0 Å². The molecular weight excluding hydrogens is 653 g/mol. The summed E-state index contributed by atoms with van der Waals surface area (Å²) in [7, 11) is 0. The van der Waals surface area contributed by atoms with Crippen molar-refractivity contribution in [2.75, 3.05) is 0 Å². The molecule has 7 aromatic carbocycles. The topological polar surface area (TPSA) is 74.6 Å². The third-order valence-corrected chi connectivity index (χ3v) is 10.1. The van der Waals surface area contributed by atoms with Crippen LogP contribution in [0.1, 0.15) is 0 Å². The van der Waals surface area contributed by atoms with E-state index in [-0.39, 0.29) is 0 Å². The lowest BCUT2D eigenvalue weighted by atomic mass is 9.99. The van der Waals surface area contributed by atoms with E-state index in [1.807, 2.05) is 66.7 Å². The van der Waals surface area contributed by atoms with Gasteiger partial charge in [-0.1, -0.05) is 146 Å². The molecule has 0 bridgehead atoms. The molecular formula is C46H28N6O. The first-order valence-corrected chi connectivity index (χ1v) is 17.6. The summed E-state index contributed by atoms with van der Waals surface area (Å²) < 4.78 is 10.8. The molecule has 0 amide bonds. The van der Waals surface area contributed by atoms with Crippen molar-refractivity contribution in [2.45, 2.75) is 0 Å². The molecule has 4 heterocycles. The Morgan fingerprint density at radius 3 is 1.64 bits per heavy atom. The predicted molar refractivity (Wildman–Crippen MR) is 212 cm³/mol. The number of hydrogen-bond acceptors (Lipinski definition) is 5. The van der Waals surface area contributed by atoms with E-state index >= 15 is 0 Å². The van der Waals surface area contributed by atoms with Gasteiger partial charge in [-0.15, -0.1) is 0 Å². The molecule has 11 rings (SSSR count). The predicted octanol–water partition coefficient (Wildman–Crippen LogP) is 11.2. The van der Waals surface area contributed by atoms with Crippen molar-refractivity contribution in [1.82, 2.24) is 29.1 Å². The molecule has 0 saturated carbocycles. The van der Waals surface area contributed by atoms with Crippen LogP contribution in [0.4, 0.5) is 0 Å². The van der Waals surface area contributed by atoms with E-state index in [4.69, 9.17) is 24.4 Å². The zero-order chi connectivity index (χ0) is 34.9. The number of rotatable bonds is 5. The van der Waals surface area contributed by atoms with Crippen molar-refractivity contribution in [1.29, 1.82) is 0 Å². The number of aromatic nitrogens is 6. The Bertz CT molecular complexity index is 3140. The van der Waals surface area contributed by atoms with E-state index < -0.39 is 0 Å². The van der Waals surface area contributed by atoms with Gasteiger partial charge in [0.05, 0.1) is 22.1 Å². The van der Waals surface area contributed by atoms with Crippen LogP contribution in [-0.4, -0.2) is 29.1 Å². The van der Waals surface area contributed by atoms with Gasteiger partial charge in [0.15, 0.2) is 17.2 Å². The van der Waals surface area contributed by atoms with E-state index in [1.54, 1.807) is 0 Å². The summed E-state index contributed by atoms with van der Waals surface area (Å²) in [6, 6.07) is 58.5. The van der Waals surface area contributed by atoms with Crippen LogP contribution in [0.25, 0.3) is 101 Å². The van der Waals surface area contributed by atoms with Crippen LogP contribution >= 0.6 is 0 Å². The monoisotopic (exact) mass is 680 g/mol. The van der Waals surface area contributed by atoms with Gasteiger partial charge < -0.3 is 4.42 Å². The van der Waals surface area contributed by atoms with Gasteiger partial charge in [0.1, 0.15) is 5.52 Å². The molecule has 0 saturated heterocycles. The SMILES string of the molecule is c1ccc(-c2nc(-c3ccccc3-c3ccccc3)nc(-n3c4ccccc4c4ccc5c6ccccc6n(-c6nc7ccccc7o6)c5c43)n2)cc1. The number of nitrogens with zero attached hydrogens (tertiary/aromatic N) is 6. The number of hydrogen-bond donors (Lipinski definition) is 0. The Balaban J connectivity index is 1.29. The van der Waals surface area contributed by atoms with E-state index in [0.29, 0.717) is 23.6 Å². The third kappa shape index (κ3) is 4.54. The molecule has 0 fully saturated rings. The first kappa shape index (κ1) is 29.4. The zero-order valence-corrected chi connectivity index (χ0v) is 28.3. The molecule has 4 aromatic heterocycles. The normalized spacial score (nSPS) is 11.8. The Hall–Kier alpha value is -7.38. The second-order valence-electron chi connectivity index (χ2n) is 13.1. The van der Waals surface area contributed by atoms with E-state index in [0.717, 1.165) is 77.0 Å². The molecule has 11 aromatic rings. The lowest BCUT2D eigenvalue weighted by Gasteiger charge is -2.14. The standard InChI is InChI=1S/C46H28N6O/c1-3-15-29(16-4-1)31-19-7-8-22-36(31)44-48-43(30-17-5-2-6-18-30)49-45(50-44)51-38-24-12-9-20-32(38)34-27-28-35-33-21-10-13-25-39(33)52(42(35)41(34)51)46-47-37-23-11-14-26-40(37)53-46/h1-28H. The molecule has 0 aliphatic carbocycles. The summed E-state index contributed by atoms with van der Waals surface area (Å²) in [6.45, 7) is 0. The lowest BCUT2D eigenvalue weighted by molar-refractivity contribution is 0.574. The second kappa shape index (κ2) is 11.6. The van der Waals surface area contributed by atoms with Crippen molar-refractivity contribution in [2.24, 2.45) is 0 Å². The van der Waals surface area contributed by atoms with E-state index in [9.17, 15) is 0 Å². The number of fused-ring (bicyclic) bond motifs is 8. The molecule has 0 atom stereocenters. The molecule has 0 radical (unpaired) electrons. The fourth-order valence-electron chi connectivity index (χ4n) is 7.71. The van der Waals surface area contributed by atoms with Crippen LogP contribution in [0, 0.1) is 0 Å². The van der Waals surface area contributed by atoms with Crippen LogP contribution in [0.15, 0.2) is 174 Å². The van der Waals surface area contributed by atoms with Crippen molar-refractivity contribution in [3.8, 4) is 45.9 Å². The van der Waals surface area contributed by atoms with Crippen LogP contribution in [-0.2, 0) is 0 Å². The second-order valence-corrected chi connectivity index (χ2v) is 13.1. The highest BCUT2D eigenvalue weighted by Crippen LogP contribution is 2.42. The Morgan fingerprint density at radius 2 is 0.925 bits per heavy atom. The summed E-state index contributed by atoms with van der Waals surface area (Å²) in [4.78, 5) is 20.8. The lowest BCUT2D eigenvalue weighted by Crippen LogP contribution is -2.07. The highest BCUT2D eigenvalue weighted by Gasteiger charge is 2.25. The highest BCUT2D eigenvalue weighted by molar-refractivity contribution is 6.23. The molecule has 0 aliphatic heterocycles. The van der Waals surface area contributed by atoms with Crippen molar-refractivity contribution >= 4 is 54.7 Å². The average Bonchev–Trinajstić information content (AvgIpc) is 3.91. The van der Waals surface area contributed by atoms with Crippen LogP contribution < -0.4 is 0 Å². The highest BCUT2D eigenvalue weighted by atomic mass is 16.4. The molecule has 0 unspecified atom stereocenters. The summed E-state index contributed by atoms with van der Waals surface area (Å²) in [6.07, 6.45) is 0. The summed E-state index contributed by atoms with van der Waals surface area (Å²) in [5.74, 6) is 1.70. The van der Waals surface area contributed by atoms with Gasteiger partial charge in [-0.05, 0) is 35.4 Å². The summed E-state index contributed by atoms with van der Waals surface area (Å²) in [5.41, 5.74) is 9.38. The maximum atomic E-state index is 6.51. The van der Waals surface area contributed by atoms with Crippen LogP contribution in [0.3, 0.4) is 0 Å². The molecule has 0 spiro atoms. The van der Waals surface area contributed by atoms with Crippen LogP contribution in [0.5, 0.6) is 0 Å². The van der Waals surface area contributed by atoms with Gasteiger partial charge in [-0.3, -0.25) is 9.13 Å². The van der Waals surface area contributed by atoms with Gasteiger partial charge >= 0.3 is 6.01 Å². The zero-order valence-electron chi connectivity index (χ0n) is 28.3.